The normalized spacial score (nSPS) is 10.6. The molecule has 0 aliphatic carbocycles. The van der Waals surface area contributed by atoms with E-state index < -0.39 is 9.85 Å². The molecule has 11 nitrogen and oxygen atoms in total. The van der Waals surface area contributed by atoms with Crippen LogP contribution in [0.25, 0.3) is 11.3 Å². The molecular formula is C18H19N7O4. The van der Waals surface area contributed by atoms with Crippen LogP contribution in [0.15, 0.2) is 30.5 Å². The fourth-order valence-electron chi connectivity index (χ4n) is 3.11. The highest BCUT2D eigenvalue weighted by Crippen LogP contribution is 2.33. The van der Waals surface area contributed by atoms with E-state index in [2.05, 4.69) is 20.3 Å². The van der Waals surface area contributed by atoms with E-state index in [1.54, 1.807) is 51.0 Å². The molecule has 3 aromatic rings. The minimum atomic E-state index is -0.475. The summed E-state index contributed by atoms with van der Waals surface area (Å²) >= 11 is 0. The number of hydrogen-bond donors (Lipinski definition) is 2. The van der Waals surface area contributed by atoms with Crippen LogP contribution in [0.5, 0.6) is 0 Å². The maximum absolute atomic E-state index is 11.4. The molecule has 0 spiro atoms. The summed E-state index contributed by atoms with van der Waals surface area (Å²) in [5, 5.41) is 25.5. The van der Waals surface area contributed by atoms with Gasteiger partial charge >= 0.3 is 5.82 Å². The van der Waals surface area contributed by atoms with Gasteiger partial charge in [0.05, 0.1) is 21.7 Å². The minimum Gasteiger partial charge on any atom is -0.372 e. The predicted octanol–water partition coefficient (Wildman–Crippen LogP) is 3.71. The lowest BCUT2D eigenvalue weighted by Crippen LogP contribution is -2.11. The van der Waals surface area contributed by atoms with E-state index in [1.165, 1.54) is 12.3 Å². The fourth-order valence-corrected chi connectivity index (χ4v) is 3.11. The Kier molecular flexibility index (Phi) is 5.13. The van der Waals surface area contributed by atoms with Gasteiger partial charge in [-0.3, -0.25) is 10.1 Å². The number of anilines is 3. The average molecular weight is 397 g/mol. The molecule has 0 bridgehead atoms. The Morgan fingerprint density at radius 2 is 1.83 bits per heavy atom. The molecule has 3 rings (SSSR count). The second-order valence-electron chi connectivity index (χ2n) is 6.60. The molecule has 2 N–H and O–H groups in total. The lowest BCUT2D eigenvalue weighted by Gasteiger charge is -2.14. The first-order valence-corrected chi connectivity index (χ1v) is 8.58. The summed E-state index contributed by atoms with van der Waals surface area (Å²) < 4.78 is 0. The second kappa shape index (κ2) is 7.54. The van der Waals surface area contributed by atoms with Gasteiger partial charge in [-0.2, -0.15) is 0 Å². The van der Waals surface area contributed by atoms with E-state index in [-0.39, 0.29) is 17.5 Å². The molecule has 29 heavy (non-hydrogen) atoms. The number of nitro benzene ring substituents is 1. The molecule has 0 saturated heterocycles. The molecule has 0 aliphatic rings. The molecule has 0 amide bonds. The summed E-state index contributed by atoms with van der Waals surface area (Å²) in [6, 6.07) is 6.38. The predicted molar refractivity (Wildman–Crippen MR) is 109 cm³/mol. The lowest BCUT2D eigenvalue weighted by molar-refractivity contribution is -0.389. The monoisotopic (exact) mass is 397 g/mol. The summed E-state index contributed by atoms with van der Waals surface area (Å²) in [5.74, 6) is 0.137. The van der Waals surface area contributed by atoms with Gasteiger partial charge in [0.25, 0.3) is 5.69 Å². The summed E-state index contributed by atoms with van der Waals surface area (Å²) in [7, 11) is 3.45. The smallest absolute Gasteiger partial charge is 0.324 e. The van der Waals surface area contributed by atoms with Crippen molar-refractivity contribution in [1.29, 1.82) is 0 Å². The summed E-state index contributed by atoms with van der Waals surface area (Å²) in [6.07, 6.45) is 1.52. The van der Waals surface area contributed by atoms with Crippen LogP contribution in [0.4, 0.5) is 28.8 Å². The molecule has 11 heteroatoms. The highest BCUT2D eigenvalue weighted by Gasteiger charge is 2.22. The van der Waals surface area contributed by atoms with Crippen molar-refractivity contribution < 1.29 is 9.85 Å². The zero-order chi connectivity index (χ0) is 21.3. The number of aromatic nitrogens is 3. The van der Waals surface area contributed by atoms with Gasteiger partial charge in [0.1, 0.15) is 11.4 Å². The third-order valence-corrected chi connectivity index (χ3v) is 4.42. The van der Waals surface area contributed by atoms with Crippen LogP contribution < -0.4 is 10.2 Å². The quantitative estimate of drug-likeness (QED) is 0.473. The number of nitrogens with zero attached hydrogens (tertiary/aromatic N) is 5. The first-order valence-electron chi connectivity index (χ1n) is 8.58. The van der Waals surface area contributed by atoms with Crippen molar-refractivity contribution in [2.75, 3.05) is 24.3 Å². The molecule has 0 aliphatic heterocycles. The van der Waals surface area contributed by atoms with Gasteiger partial charge in [0, 0.05) is 32.0 Å². The van der Waals surface area contributed by atoms with Gasteiger partial charge in [0.2, 0.25) is 5.95 Å². The maximum atomic E-state index is 11.4. The average Bonchev–Trinajstić information content (AvgIpc) is 2.96. The molecule has 0 unspecified atom stereocenters. The summed E-state index contributed by atoms with van der Waals surface area (Å²) in [6.45, 7) is 3.38. The molecule has 0 radical (unpaired) electrons. The van der Waals surface area contributed by atoms with E-state index in [0.29, 0.717) is 33.9 Å². The van der Waals surface area contributed by atoms with Gasteiger partial charge in [0.15, 0.2) is 0 Å². The number of hydrogen-bond acceptors (Lipinski definition) is 8. The van der Waals surface area contributed by atoms with Crippen LogP contribution >= 0.6 is 0 Å². The van der Waals surface area contributed by atoms with Gasteiger partial charge in [-0.1, -0.05) is 0 Å². The number of aryl methyl sites for hydroxylation is 1. The molecule has 0 atom stereocenters. The van der Waals surface area contributed by atoms with Crippen LogP contribution in [-0.2, 0) is 0 Å². The van der Waals surface area contributed by atoms with Crippen LogP contribution in [-0.4, -0.2) is 38.9 Å². The van der Waals surface area contributed by atoms with Crippen molar-refractivity contribution >= 4 is 28.8 Å². The minimum absolute atomic E-state index is 0.0518. The number of nitrogens with one attached hydrogen (secondary N) is 2. The first kappa shape index (κ1) is 19.7. The maximum Gasteiger partial charge on any atom is 0.324 e. The van der Waals surface area contributed by atoms with Crippen LogP contribution in [0.1, 0.15) is 11.3 Å². The standard InChI is InChI=1S/C18H19N7O4/c1-10-16(11(2)20-17(10)25(28)29)13-7-8-19-18(22-13)21-12-5-6-14(23(3)4)15(9-12)24(26)27/h5-9,20H,1-4H3,(H,19,21,22). The van der Waals surface area contributed by atoms with Crippen molar-refractivity contribution in [2.45, 2.75) is 13.8 Å². The number of benzene rings is 1. The SMILES string of the molecule is Cc1[nH]c([N+](=O)[O-])c(C)c1-c1ccnc(Nc2ccc(N(C)C)c([N+](=O)[O-])c2)n1. The zero-order valence-electron chi connectivity index (χ0n) is 16.3. The fraction of sp³-hybridized carbons (Fsp3) is 0.222. The molecule has 1 aromatic carbocycles. The Balaban J connectivity index is 1.97. The number of rotatable bonds is 6. The van der Waals surface area contributed by atoms with Crippen LogP contribution in [0, 0.1) is 34.1 Å². The van der Waals surface area contributed by atoms with E-state index in [9.17, 15) is 20.2 Å². The van der Waals surface area contributed by atoms with Crippen LogP contribution in [0.2, 0.25) is 0 Å². The molecule has 0 fully saturated rings. The van der Waals surface area contributed by atoms with Gasteiger partial charge < -0.3 is 20.3 Å². The van der Waals surface area contributed by atoms with Crippen molar-refractivity contribution in [1.82, 2.24) is 15.0 Å². The second-order valence-corrected chi connectivity index (χ2v) is 6.60. The summed E-state index contributed by atoms with van der Waals surface area (Å²) in [5.41, 5.74) is 3.09. The van der Waals surface area contributed by atoms with E-state index in [0.717, 1.165) is 0 Å². The van der Waals surface area contributed by atoms with Crippen molar-refractivity contribution in [3.63, 3.8) is 0 Å². The Morgan fingerprint density at radius 3 is 2.41 bits per heavy atom. The van der Waals surface area contributed by atoms with Crippen LogP contribution in [0.3, 0.4) is 0 Å². The third kappa shape index (κ3) is 3.83. The Bertz CT molecular complexity index is 1110. The summed E-state index contributed by atoms with van der Waals surface area (Å²) in [4.78, 5) is 34.6. The molecule has 0 saturated carbocycles. The highest BCUT2D eigenvalue weighted by atomic mass is 16.6. The van der Waals surface area contributed by atoms with Crippen molar-refractivity contribution in [2.24, 2.45) is 0 Å². The Hall–Kier alpha value is -4.02. The van der Waals surface area contributed by atoms with Gasteiger partial charge in [-0.25, -0.2) is 15.0 Å². The Labute approximate surface area is 165 Å². The number of H-pyrrole nitrogens is 1. The first-order chi connectivity index (χ1) is 13.7. The number of aromatic amines is 1. The zero-order valence-corrected chi connectivity index (χ0v) is 16.3. The van der Waals surface area contributed by atoms with Gasteiger partial charge in [-0.05, 0) is 37.0 Å². The van der Waals surface area contributed by atoms with Gasteiger partial charge in [-0.15, -0.1) is 0 Å². The Morgan fingerprint density at radius 1 is 1.10 bits per heavy atom. The third-order valence-electron chi connectivity index (χ3n) is 4.42. The molecular weight excluding hydrogens is 378 g/mol. The van der Waals surface area contributed by atoms with Crippen molar-refractivity contribution in [3.05, 3.63) is 61.9 Å². The topological polar surface area (TPSA) is 143 Å². The molecule has 2 aromatic heterocycles. The lowest BCUT2D eigenvalue weighted by atomic mass is 10.1. The van der Waals surface area contributed by atoms with E-state index in [1.807, 2.05) is 0 Å². The molecule has 150 valence electrons. The van der Waals surface area contributed by atoms with Crippen molar-refractivity contribution in [3.8, 4) is 11.3 Å². The van der Waals surface area contributed by atoms with E-state index in [4.69, 9.17) is 0 Å². The largest absolute Gasteiger partial charge is 0.372 e. The highest BCUT2D eigenvalue weighted by molar-refractivity contribution is 5.73. The molecule has 2 heterocycles. The van der Waals surface area contributed by atoms with E-state index >= 15 is 0 Å². The number of nitro groups is 2.